The maximum absolute atomic E-state index is 11.8. The van der Waals surface area contributed by atoms with Crippen LogP contribution in [0.2, 0.25) is 0 Å². The minimum absolute atomic E-state index is 0.142. The van der Waals surface area contributed by atoms with Crippen LogP contribution >= 0.6 is 0 Å². The zero-order chi connectivity index (χ0) is 14.3. The quantitative estimate of drug-likeness (QED) is 0.769. The molecule has 0 bridgehead atoms. The van der Waals surface area contributed by atoms with Gasteiger partial charge in [0.1, 0.15) is 0 Å². The number of hydrogen-bond donors (Lipinski definition) is 2. The van der Waals surface area contributed by atoms with Crippen LogP contribution in [0, 0.1) is 0 Å². The van der Waals surface area contributed by atoms with Gasteiger partial charge in [-0.25, -0.2) is 9.97 Å². The Morgan fingerprint density at radius 2 is 2.00 bits per heavy atom. The molecule has 0 saturated heterocycles. The fraction of sp³-hybridized carbons (Fsp3) is 0.615. The summed E-state index contributed by atoms with van der Waals surface area (Å²) in [5.74, 6) is 0.413. The molecule has 6 heteroatoms. The van der Waals surface area contributed by atoms with Crippen LogP contribution in [-0.2, 0) is 0 Å². The lowest BCUT2D eigenvalue weighted by molar-refractivity contribution is 0.0950. The van der Waals surface area contributed by atoms with Crippen molar-refractivity contribution in [3.8, 4) is 0 Å². The molecule has 6 nitrogen and oxygen atoms in total. The predicted octanol–water partition coefficient (Wildman–Crippen LogP) is 0.978. The minimum Gasteiger partial charge on any atom is -0.352 e. The van der Waals surface area contributed by atoms with Gasteiger partial charge in [0.2, 0.25) is 5.95 Å². The third-order valence-corrected chi connectivity index (χ3v) is 2.75. The number of anilines is 1. The topological polar surface area (TPSA) is 70.2 Å². The van der Waals surface area contributed by atoms with E-state index in [2.05, 4.69) is 34.4 Å². The van der Waals surface area contributed by atoms with Crippen molar-refractivity contribution in [2.45, 2.75) is 26.3 Å². The average Bonchev–Trinajstić information content (AvgIpc) is 2.38. The molecular formula is C13H23N5O. The molecule has 19 heavy (non-hydrogen) atoms. The van der Waals surface area contributed by atoms with Gasteiger partial charge in [-0.05, 0) is 27.4 Å². The molecule has 106 valence electrons. The molecule has 0 aliphatic heterocycles. The molecule has 1 atom stereocenters. The third-order valence-electron chi connectivity index (χ3n) is 2.75. The van der Waals surface area contributed by atoms with E-state index in [1.807, 2.05) is 19.0 Å². The van der Waals surface area contributed by atoms with E-state index >= 15 is 0 Å². The second-order valence-corrected chi connectivity index (χ2v) is 4.81. The molecule has 1 unspecified atom stereocenters. The van der Waals surface area contributed by atoms with Crippen molar-refractivity contribution in [2.75, 3.05) is 32.5 Å². The number of carbonyl (C=O) groups is 1. The maximum atomic E-state index is 11.8. The number of hydrogen-bond acceptors (Lipinski definition) is 5. The Morgan fingerprint density at radius 3 is 2.53 bits per heavy atom. The van der Waals surface area contributed by atoms with Crippen LogP contribution in [0.5, 0.6) is 0 Å². The standard InChI is InChI=1S/C13H23N5O/c1-5-10(2)17-13-15-8-11(9-16-13)12(19)14-6-7-18(3)4/h8-10H,5-7H2,1-4H3,(H,14,19)(H,15,16,17). The van der Waals surface area contributed by atoms with Gasteiger partial charge in [0.05, 0.1) is 5.56 Å². The smallest absolute Gasteiger partial charge is 0.254 e. The van der Waals surface area contributed by atoms with Crippen molar-refractivity contribution in [2.24, 2.45) is 0 Å². The first-order chi connectivity index (χ1) is 9.02. The zero-order valence-electron chi connectivity index (χ0n) is 12.1. The van der Waals surface area contributed by atoms with Gasteiger partial charge in [-0.1, -0.05) is 6.92 Å². The van der Waals surface area contributed by atoms with E-state index in [4.69, 9.17) is 0 Å². The van der Waals surface area contributed by atoms with Crippen molar-refractivity contribution in [1.82, 2.24) is 20.2 Å². The molecule has 2 N–H and O–H groups in total. The van der Waals surface area contributed by atoms with E-state index in [-0.39, 0.29) is 5.91 Å². The summed E-state index contributed by atoms with van der Waals surface area (Å²) in [6.07, 6.45) is 4.08. The normalized spacial score (nSPS) is 12.3. The summed E-state index contributed by atoms with van der Waals surface area (Å²) < 4.78 is 0. The first kappa shape index (κ1) is 15.4. The third kappa shape index (κ3) is 5.65. The fourth-order valence-electron chi connectivity index (χ4n) is 1.34. The molecule has 0 saturated carbocycles. The van der Waals surface area contributed by atoms with Gasteiger partial charge in [0.15, 0.2) is 0 Å². The van der Waals surface area contributed by atoms with Crippen LogP contribution in [0.4, 0.5) is 5.95 Å². The molecule has 0 spiro atoms. The lowest BCUT2D eigenvalue weighted by Gasteiger charge is -2.12. The van der Waals surface area contributed by atoms with E-state index in [1.54, 1.807) is 12.4 Å². The van der Waals surface area contributed by atoms with E-state index in [0.29, 0.717) is 24.1 Å². The summed E-state index contributed by atoms with van der Waals surface area (Å²) in [5, 5.41) is 5.98. The van der Waals surface area contributed by atoms with Crippen molar-refractivity contribution in [3.63, 3.8) is 0 Å². The van der Waals surface area contributed by atoms with Crippen LogP contribution in [0.25, 0.3) is 0 Å². The number of rotatable bonds is 7. The minimum atomic E-state index is -0.142. The lowest BCUT2D eigenvalue weighted by Crippen LogP contribution is -2.31. The van der Waals surface area contributed by atoms with E-state index in [9.17, 15) is 4.79 Å². The number of nitrogens with one attached hydrogen (secondary N) is 2. The van der Waals surface area contributed by atoms with E-state index in [0.717, 1.165) is 13.0 Å². The first-order valence-electron chi connectivity index (χ1n) is 6.54. The van der Waals surface area contributed by atoms with E-state index < -0.39 is 0 Å². The molecule has 0 fully saturated rings. The molecule has 1 aromatic rings. The molecule has 1 rings (SSSR count). The summed E-state index contributed by atoms with van der Waals surface area (Å²) in [5.41, 5.74) is 0.480. The van der Waals surface area contributed by atoms with Gasteiger partial charge in [0.25, 0.3) is 5.91 Å². The lowest BCUT2D eigenvalue weighted by atomic mass is 10.3. The molecule has 0 aliphatic rings. The predicted molar refractivity (Wildman–Crippen MR) is 76.3 cm³/mol. The Labute approximate surface area is 114 Å². The molecule has 1 aromatic heterocycles. The largest absolute Gasteiger partial charge is 0.352 e. The monoisotopic (exact) mass is 265 g/mol. The number of nitrogens with zero attached hydrogens (tertiary/aromatic N) is 3. The number of aromatic nitrogens is 2. The second-order valence-electron chi connectivity index (χ2n) is 4.81. The molecule has 0 aromatic carbocycles. The van der Waals surface area contributed by atoms with Crippen LogP contribution in [0.1, 0.15) is 30.6 Å². The second kappa shape index (κ2) is 7.68. The highest BCUT2D eigenvalue weighted by Gasteiger charge is 2.07. The van der Waals surface area contributed by atoms with Gasteiger partial charge < -0.3 is 15.5 Å². The number of amides is 1. The Bertz CT molecular complexity index is 391. The Hall–Kier alpha value is -1.69. The van der Waals surface area contributed by atoms with Gasteiger partial charge in [-0.3, -0.25) is 4.79 Å². The molecule has 0 aliphatic carbocycles. The van der Waals surface area contributed by atoms with E-state index in [1.165, 1.54) is 0 Å². The highest BCUT2D eigenvalue weighted by Crippen LogP contribution is 2.03. The molecule has 0 radical (unpaired) electrons. The van der Waals surface area contributed by atoms with Crippen LogP contribution in [0.3, 0.4) is 0 Å². The zero-order valence-corrected chi connectivity index (χ0v) is 12.1. The summed E-state index contributed by atoms with van der Waals surface area (Å²) >= 11 is 0. The summed E-state index contributed by atoms with van der Waals surface area (Å²) in [7, 11) is 3.93. The summed E-state index contributed by atoms with van der Waals surface area (Å²) in [4.78, 5) is 22.1. The van der Waals surface area contributed by atoms with Crippen molar-refractivity contribution in [1.29, 1.82) is 0 Å². The highest BCUT2D eigenvalue weighted by atomic mass is 16.1. The maximum Gasteiger partial charge on any atom is 0.254 e. The van der Waals surface area contributed by atoms with Crippen molar-refractivity contribution in [3.05, 3.63) is 18.0 Å². The summed E-state index contributed by atoms with van der Waals surface area (Å²) in [6, 6.07) is 0.319. The average molecular weight is 265 g/mol. The Balaban J connectivity index is 2.48. The molecular weight excluding hydrogens is 242 g/mol. The SMILES string of the molecule is CCC(C)Nc1ncc(C(=O)NCCN(C)C)cn1. The van der Waals surface area contributed by atoms with Gasteiger partial charge >= 0.3 is 0 Å². The van der Waals surface area contributed by atoms with Crippen molar-refractivity contribution >= 4 is 11.9 Å². The Kier molecular flexibility index (Phi) is 6.21. The molecule has 1 amide bonds. The highest BCUT2D eigenvalue weighted by molar-refractivity contribution is 5.93. The van der Waals surface area contributed by atoms with Gasteiger partial charge in [0, 0.05) is 31.5 Å². The van der Waals surface area contributed by atoms with Crippen LogP contribution in [-0.4, -0.2) is 54.0 Å². The van der Waals surface area contributed by atoms with Crippen LogP contribution < -0.4 is 10.6 Å². The van der Waals surface area contributed by atoms with Crippen LogP contribution in [0.15, 0.2) is 12.4 Å². The van der Waals surface area contributed by atoms with Crippen molar-refractivity contribution < 1.29 is 4.79 Å². The summed E-state index contributed by atoms with van der Waals surface area (Å²) in [6.45, 7) is 5.56. The fourth-order valence-corrected chi connectivity index (χ4v) is 1.34. The van der Waals surface area contributed by atoms with Gasteiger partial charge in [-0.2, -0.15) is 0 Å². The number of carbonyl (C=O) groups excluding carboxylic acids is 1. The van der Waals surface area contributed by atoms with Gasteiger partial charge in [-0.15, -0.1) is 0 Å². The molecule has 1 heterocycles. The first-order valence-corrected chi connectivity index (χ1v) is 6.54. The number of likely N-dealkylation sites (N-methyl/N-ethyl adjacent to an activating group) is 1. The Morgan fingerprint density at radius 1 is 1.37 bits per heavy atom.